The Balaban J connectivity index is 1.94. The van der Waals surface area contributed by atoms with Crippen molar-refractivity contribution < 1.29 is 28.8 Å². The number of piperidine rings is 1. The molecule has 4 amide bonds. The van der Waals surface area contributed by atoms with Crippen LogP contribution >= 0.6 is 0 Å². The third-order valence-electron chi connectivity index (χ3n) is 3.77. The summed E-state index contributed by atoms with van der Waals surface area (Å²) in [5, 5.41) is 2.12. The first-order valence-corrected chi connectivity index (χ1v) is 7.18. The van der Waals surface area contributed by atoms with E-state index in [9.17, 15) is 24.0 Å². The van der Waals surface area contributed by atoms with Crippen molar-refractivity contribution in [1.29, 1.82) is 0 Å². The number of amides is 4. The van der Waals surface area contributed by atoms with Crippen LogP contribution in [0.25, 0.3) is 0 Å². The minimum atomic E-state index is -1.04. The van der Waals surface area contributed by atoms with Gasteiger partial charge < -0.3 is 4.84 Å². The van der Waals surface area contributed by atoms with Gasteiger partial charge in [0.25, 0.3) is 11.8 Å². The van der Waals surface area contributed by atoms with Gasteiger partial charge in [0, 0.05) is 13.3 Å². The number of carbonyl (C=O) groups excluding carboxylic acids is 5. The van der Waals surface area contributed by atoms with Crippen LogP contribution in [-0.2, 0) is 19.2 Å². The van der Waals surface area contributed by atoms with Gasteiger partial charge in [0.1, 0.15) is 6.04 Å². The van der Waals surface area contributed by atoms with Gasteiger partial charge in [0.05, 0.1) is 16.8 Å². The molecule has 1 aromatic carbocycles. The predicted octanol–water partition coefficient (Wildman–Crippen LogP) is -0.0222. The highest BCUT2D eigenvalue weighted by molar-refractivity contribution is 6.25. The Labute approximate surface area is 135 Å². The first kappa shape index (κ1) is 15.7. The standard InChI is InChI=1S/C15H13N3O6/c1-7(19)24-17-9-4-2-3-8-12(9)15(23)18(14(8)22)10-5-6-11(20)16-13(10)21/h2-4,10,17H,5-6H2,1H3,(H,16,20,21). The highest BCUT2D eigenvalue weighted by atomic mass is 16.7. The van der Waals surface area contributed by atoms with Crippen molar-refractivity contribution in [2.75, 3.05) is 5.48 Å². The number of hydrogen-bond donors (Lipinski definition) is 2. The zero-order chi connectivity index (χ0) is 17.4. The van der Waals surface area contributed by atoms with Crippen molar-refractivity contribution in [3.8, 4) is 0 Å². The zero-order valence-electron chi connectivity index (χ0n) is 12.6. The average molecular weight is 331 g/mol. The van der Waals surface area contributed by atoms with Crippen molar-refractivity contribution in [3.05, 3.63) is 29.3 Å². The van der Waals surface area contributed by atoms with Gasteiger partial charge in [-0.05, 0) is 18.6 Å². The van der Waals surface area contributed by atoms with E-state index in [1.807, 2.05) is 0 Å². The fourth-order valence-electron chi connectivity index (χ4n) is 2.73. The Bertz CT molecular complexity index is 787. The fourth-order valence-corrected chi connectivity index (χ4v) is 2.73. The minimum absolute atomic E-state index is 0.0217. The van der Waals surface area contributed by atoms with E-state index in [-0.39, 0.29) is 29.7 Å². The molecule has 2 aliphatic rings. The maximum Gasteiger partial charge on any atom is 0.329 e. The highest BCUT2D eigenvalue weighted by Crippen LogP contribution is 2.32. The van der Waals surface area contributed by atoms with Crippen LogP contribution in [0.3, 0.4) is 0 Å². The molecule has 9 heteroatoms. The molecule has 2 N–H and O–H groups in total. The zero-order valence-corrected chi connectivity index (χ0v) is 12.6. The smallest absolute Gasteiger partial charge is 0.329 e. The monoisotopic (exact) mass is 331 g/mol. The van der Waals surface area contributed by atoms with Crippen LogP contribution in [0.5, 0.6) is 0 Å². The maximum atomic E-state index is 12.7. The molecule has 2 heterocycles. The lowest BCUT2D eigenvalue weighted by Gasteiger charge is -2.27. The van der Waals surface area contributed by atoms with Gasteiger partial charge in [-0.1, -0.05) is 6.07 Å². The van der Waals surface area contributed by atoms with Crippen LogP contribution in [0.4, 0.5) is 5.69 Å². The molecule has 0 radical (unpaired) electrons. The number of imide groups is 2. The molecule has 1 unspecified atom stereocenters. The van der Waals surface area contributed by atoms with E-state index in [2.05, 4.69) is 15.6 Å². The number of nitrogens with zero attached hydrogens (tertiary/aromatic N) is 1. The summed E-state index contributed by atoms with van der Waals surface area (Å²) in [4.78, 5) is 64.8. The van der Waals surface area contributed by atoms with Crippen molar-refractivity contribution in [2.24, 2.45) is 0 Å². The van der Waals surface area contributed by atoms with Crippen LogP contribution in [0, 0.1) is 0 Å². The third-order valence-corrected chi connectivity index (χ3v) is 3.77. The van der Waals surface area contributed by atoms with Crippen molar-refractivity contribution in [1.82, 2.24) is 10.2 Å². The molecule has 0 aromatic heterocycles. The van der Waals surface area contributed by atoms with Gasteiger partial charge in [-0.3, -0.25) is 34.2 Å². The van der Waals surface area contributed by atoms with E-state index in [0.29, 0.717) is 0 Å². The normalized spacial score (nSPS) is 19.9. The topological polar surface area (TPSA) is 122 Å². The Morgan fingerprint density at radius 2 is 2.00 bits per heavy atom. The molecule has 1 saturated heterocycles. The van der Waals surface area contributed by atoms with Crippen molar-refractivity contribution >= 4 is 35.3 Å². The van der Waals surface area contributed by atoms with Gasteiger partial charge in [-0.2, -0.15) is 0 Å². The third kappa shape index (κ3) is 2.49. The molecule has 24 heavy (non-hydrogen) atoms. The molecule has 2 aliphatic heterocycles. The van der Waals surface area contributed by atoms with Gasteiger partial charge in [0.2, 0.25) is 11.8 Å². The number of carbonyl (C=O) groups is 5. The molecular formula is C15H13N3O6. The predicted molar refractivity (Wildman–Crippen MR) is 78.5 cm³/mol. The van der Waals surface area contributed by atoms with E-state index < -0.39 is 35.6 Å². The maximum absolute atomic E-state index is 12.7. The largest absolute Gasteiger partial charge is 0.344 e. The molecular weight excluding hydrogens is 318 g/mol. The van der Waals surface area contributed by atoms with Crippen LogP contribution in [0.15, 0.2) is 18.2 Å². The van der Waals surface area contributed by atoms with Crippen molar-refractivity contribution in [2.45, 2.75) is 25.8 Å². The molecule has 0 spiro atoms. The fraction of sp³-hybridized carbons (Fsp3) is 0.267. The van der Waals surface area contributed by atoms with Gasteiger partial charge >= 0.3 is 5.97 Å². The number of benzene rings is 1. The van der Waals surface area contributed by atoms with Crippen LogP contribution in [-0.4, -0.2) is 40.5 Å². The SMILES string of the molecule is CC(=O)ONc1cccc2c1C(=O)N(C1CCC(=O)NC1=O)C2=O. The molecule has 1 aromatic rings. The van der Waals surface area contributed by atoms with Crippen LogP contribution in [0.1, 0.15) is 40.5 Å². The quantitative estimate of drug-likeness (QED) is 0.589. The molecule has 9 nitrogen and oxygen atoms in total. The van der Waals surface area contributed by atoms with E-state index >= 15 is 0 Å². The Morgan fingerprint density at radius 3 is 2.67 bits per heavy atom. The number of anilines is 1. The Morgan fingerprint density at radius 1 is 1.25 bits per heavy atom. The summed E-state index contributed by atoms with van der Waals surface area (Å²) in [7, 11) is 0. The van der Waals surface area contributed by atoms with Gasteiger partial charge in [-0.15, -0.1) is 0 Å². The number of fused-ring (bicyclic) bond motifs is 1. The molecule has 124 valence electrons. The summed E-state index contributed by atoms with van der Waals surface area (Å²) in [6, 6.07) is 3.39. The summed E-state index contributed by atoms with van der Waals surface area (Å²) < 4.78 is 0. The number of rotatable bonds is 3. The average Bonchev–Trinajstić information content (AvgIpc) is 2.78. The van der Waals surface area contributed by atoms with Gasteiger partial charge in [0.15, 0.2) is 0 Å². The van der Waals surface area contributed by atoms with E-state index in [1.54, 1.807) is 0 Å². The lowest BCUT2D eigenvalue weighted by atomic mass is 10.0. The highest BCUT2D eigenvalue weighted by Gasteiger charge is 2.45. The Kier molecular flexibility index (Phi) is 3.76. The first-order chi connectivity index (χ1) is 11.4. The number of nitrogens with one attached hydrogen (secondary N) is 2. The summed E-state index contributed by atoms with van der Waals surface area (Å²) in [5.41, 5.74) is 2.60. The molecule has 1 fully saturated rings. The Hall–Kier alpha value is -3.23. The number of hydrogen-bond acceptors (Lipinski definition) is 7. The van der Waals surface area contributed by atoms with E-state index in [0.717, 1.165) is 4.90 Å². The first-order valence-electron chi connectivity index (χ1n) is 7.18. The molecule has 0 saturated carbocycles. The van der Waals surface area contributed by atoms with E-state index in [4.69, 9.17) is 0 Å². The summed E-state index contributed by atoms with van der Waals surface area (Å²) in [5.74, 6) is -3.05. The van der Waals surface area contributed by atoms with Gasteiger partial charge in [-0.25, -0.2) is 5.48 Å². The lowest BCUT2D eigenvalue weighted by Crippen LogP contribution is -2.54. The molecule has 0 bridgehead atoms. The molecule has 3 rings (SSSR count). The van der Waals surface area contributed by atoms with Crippen LogP contribution in [0.2, 0.25) is 0 Å². The summed E-state index contributed by atoms with van der Waals surface area (Å²) >= 11 is 0. The second-order valence-electron chi connectivity index (χ2n) is 5.37. The second-order valence-corrected chi connectivity index (χ2v) is 5.37. The second kappa shape index (κ2) is 5.76. The summed E-state index contributed by atoms with van der Waals surface area (Å²) in [6.07, 6.45) is 0.116. The van der Waals surface area contributed by atoms with E-state index in [1.165, 1.54) is 25.1 Å². The summed E-state index contributed by atoms with van der Waals surface area (Å²) in [6.45, 7) is 1.18. The minimum Gasteiger partial charge on any atom is -0.344 e. The van der Waals surface area contributed by atoms with Crippen molar-refractivity contribution in [3.63, 3.8) is 0 Å². The lowest BCUT2D eigenvalue weighted by molar-refractivity contribution is -0.138. The molecule has 0 aliphatic carbocycles. The molecule has 1 atom stereocenters. The van der Waals surface area contributed by atoms with Crippen LogP contribution < -0.4 is 10.8 Å².